The summed E-state index contributed by atoms with van der Waals surface area (Å²) in [6.45, 7) is 8.01. The van der Waals surface area contributed by atoms with E-state index in [1.807, 2.05) is 6.33 Å². The Labute approximate surface area is 186 Å². The molecule has 2 aliphatic heterocycles. The highest BCUT2D eigenvalue weighted by molar-refractivity contribution is 5.79. The highest BCUT2D eigenvalue weighted by Gasteiger charge is 2.15. The largest absolute Gasteiger partial charge is 0.331 e. The van der Waals surface area contributed by atoms with Crippen molar-refractivity contribution in [2.24, 2.45) is 0 Å². The summed E-state index contributed by atoms with van der Waals surface area (Å²) in [6, 6.07) is 17.5. The van der Waals surface area contributed by atoms with Gasteiger partial charge in [-0.25, -0.2) is 4.98 Å². The van der Waals surface area contributed by atoms with Gasteiger partial charge in [0.2, 0.25) is 0 Å². The second kappa shape index (κ2) is 9.80. The van der Waals surface area contributed by atoms with Crippen LogP contribution in [0.15, 0.2) is 60.9 Å². The molecule has 3 aromatic rings. The van der Waals surface area contributed by atoms with Crippen molar-refractivity contribution in [3.63, 3.8) is 0 Å². The van der Waals surface area contributed by atoms with Crippen molar-refractivity contribution in [1.82, 2.24) is 19.4 Å². The maximum Gasteiger partial charge on any atom is 0.0958 e. The van der Waals surface area contributed by atoms with Gasteiger partial charge in [0.1, 0.15) is 0 Å². The second-order valence-electron chi connectivity index (χ2n) is 9.06. The molecular weight excluding hydrogens is 380 g/mol. The molecule has 5 rings (SSSR count). The molecule has 162 valence electrons. The van der Waals surface area contributed by atoms with Crippen molar-refractivity contribution in [3.05, 3.63) is 72.1 Å². The summed E-state index contributed by atoms with van der Waals surface area (Å²) < 4.78 is 2.35. The van der Waals surface area contributed by atoms with Gasteiger partial charge >= 0.3 is 0 Å². The summed E-state index contributed by atoms with van der Waals surface area (Å²) in [5, 5.41) is 0. The third-order valence-electron chi connectivity index (χ3n) is 6.89. The van der Waals surface area contributed by atoms with Gasteiger partial charge in [0, 0.05) is 26.2 Å². The molecule has 4 nitrogen and oxygen atoms in total. The monoisotopic (exact) mass is 414 g/mol. The Morgan fingerprint density at radius 2 is 1.65 bits per heavy atom. The van der Waals surface area contributed by atoms with E-state index >= 15 is 0 Å². The zero-order chi connectivity index (χ0) is 20.9. The average Bonchev–Trinajstić information content (AvgIpc) is 3.48. The first kappa shape index (κ1) is 20.5. The van der Waals surface area contributed by atoms with Gasteiger partial charge in [0.05, 0.1) is 17.4 Å². The molecule has 0 radical (unpaired) electrons. The average molecular weight is 415 g/mol. The molecule has 1 saturated heterocycles. The van der Waals surface area contributed by atoms with Gasteiger partial charge in [0.25, 0.3) is 0 Å². The third kappa shape index (κ3) is 4.91. The molecule has 1 aromatic heterocycles. The van der Waals surface area contributed by atoms with Crippen molar-refractivity contribution in [2.75, 3.05) is 32.7 Å². The lowest BCUT2D eigenvalue weighted by Gasteiger charge is -2.26. The number of aromatic nitrogens is 2. The summed E-state index contributed by atoms with van der Waals surface area (Å²) >= 11 is 0. The Kier molecular flexibility index (Phi) is 6.47. The maximum absolute atomic E-state index is 4.78. The first-order valence-electron chi connectivity index (χ1n) is 12.0. The number of nitrogens with zero attached hydrogens (tertiary/aromatic N) is 4. The first-order chi connectivity index (χ1) is 15.4. The minimum Gasteiger partial charge on any atom is -0.331 e. The van der Waals surface area contributed by atoms with E-state index in [-0.39, 0.29) is 0 Å². The standard InChI is InChI=1S/C27H34N4/c1-2-9-23(10-3-1)24-13-19-29(20-14-24)15-6-7-18-31-22-28-27-25(11-8-12-26(27)31)21-30-16-4-5-17-30/h1-3,8-13,22H,4-7,14-21H2. The molecule has 0 spiro atoms. The maximum atomic E-state index is 4.78. The van der Waals surface area contributed by atoms with Crippen LogP contribution in [0, 0.1) is 0 Å². The molecule has 0 aliphatic carbocycles. The van der Waals surface area contributed by atoms with Crippen molar-refractivity contribution < 1.29 is 0 Å². The van der Waals surface area contributed by atoms with Gasteiger partial charge in [-0.3, -0.25) is 9.80 Å². The quantitative estimate of drug-likeness (QED) is 0.474. The molecule has 0 N–H and O–H groups in total. The Balaban J connectivity index is 1.11. The van der Waals surface area contributed by atoms with Crippen LogP contribution in [0.5, 0.6) is 0 Å². The molecule has 31 heavy (non-hydrogen) atoms. The van der Waals surface area contributed by atoms with Crippen LogP contribution in [0.4, 0.5) is 0 Å². The van der Waals surface area contributed by atoms with Gasteiger partial charge in [-0.15, -0.1) is 0 Å². The van der Waals surface area contributed by atoms with E-state index in [4.69, 9.17) is 4.98 Å². The van der Waals surface area contributed by atoms with Gasteiger partial charge in [-0.2, -0.15) is 0 Å². The SMILES string of the molecule is C1=C(c2ccccc2)CCN(CCCCn2cnc3c(CN4CCCC4)cccc32)C1. The van der Waals surface area contributed by atoms with E-state index in [2.05, 4.69) is 69.0 Å². The normalized spacial score (nSPS) is 18.0. The van der Waals surface area contributed by atoms with E-state index in [9.17, 15) is 0 Å². The molecule has 0 atom stereocenters. The minimum atomic E-state index is 1.04. The summed E-state index contributed by atoms with van der Waals surface area (Å²) in [4.78, 5) is 9.93. The molecule has 4 heteroatoms. The highest BCUT2D eigenvalue weighted by atomic mass is 15.1. The molecule has 1 fully saturated rings. The Morgan fingerprint density at radius 1 is 0.806 bits per heavy atom. The highest BCUT2D eigenvalue weighted by Crippen LogP contribution is 2.23. The van der Waals surface area contributed by atoms with Crippen LogP contribution in [0.2, 0.25) is 0 Å². The van der Waals surface area contributed by atoms with E-state index in [0.29, 0.717) is 0 Å². The van der Waals surface area contributed by atoms with Crippen molar-refractivity contribution in [1.29, 1.82) is 0 Å². The molecule has 0 bridgehead atoms. The smallest absolute Gasteiger partial charge is 0.0958 e. The van der Waals surface area contributed by atoms with Crippen molar-refractivity contribution >= 4 is 16.6 Å². The van der Waals surface area contributed by atoms with Crippen molar-refractivity contribution in [2.45, 2.75) is 45.2 Å². The van der Waals surface area contributed by atoms with Gasteiger partial charge in [-0.1, -0.05) is 48.5 Å². The van der Waals surface area contributed by atoms with Gasteiger partial charge in [0.15, 0.2) is 0 Å². The molecule has 2 aromatic carbocycles. The van der Waals surface area contributed by atoms with Crippen LogP contribution in [0.1, 0.15) is 43.2 Å². The summed E-state index contributed by atoms with van der Waals surface area (Å²) in [6.07, 6.45) is 10.7. The number of aryl methyl sites for hydroxylation is 1. The van der Waals surface area contributed by atoms with E-state index in [1.165, 1.54) is 79.6 Å². The van der Waals surface area contributed by atoms with Crippen molar-refractivity contribution in [3.8, 4) is 0 Å². The second-order valence-corrected chi connectivity index (χ2v) is 9.06. The zero-order valence-electron chi connectivity index (χ0n) is 18.5. The number of imidazole rings is 1. The molecule has 0 saturated carbocycles. The van der Waals surface area contributed by atoms with Crippen LogP contribution >= 0.6 is 0 Å². The fourth-order valence-corrected chi connectivity index (χ4v) is 5.08. The number of unbranched alkanes of at least 4 members (excludes halogenated alkanes) is 1. The third-order valence-corrected chi connectivity index (χ3v) is 6.89. The van der Waals surface area contributed by atoms with Crippen LogP contribution < -0.4 is 0 Å². The Hall–Kier alpha value is -2.43. The molecule has 3 heterocycles. The van der Waals surface area contributed by atoms with Crippen LogP contribution in [0.3, 0.4) is 0 Å². The predicted octanol–water partition coefficient (Wildman–Crippen LogP) is 5.20. The van der Waals surface area contributed by atoms with E-state index in [0.717, 1.165) is 26.1 Å². The Bertz CT molecular complexity index is 1010. The number of likely N-dealkylation sites (tertiary alicyclic amines) is 1. The molecular formula is C27H34N4. The lowest BCUT2D eigenvalue weighted by atomic mass is 9.99. The van der Waals surface area contributed by atoms with Crippen LogP contribution in [-0.4, -0.2) is 52.1 Å². The van der Waals surface area contributed by atoms with Crippen LogP contribution in [0.25, 0.3) is 16.6 Å². The minimum absolute atomic E-state index is 1.04. The summed E-state index contributed by atoms with van der Waals surface area (Å²) in [5.74, 6) is 0. The lowest BCUT2D eigenvalue weighted by Crippen LogP contribution is -2.29. The van der Waals surface area contributed by atoms with E-state index < -0.39 is 0 Å². The number of benzene rings is 2. The molecule has 0 amide bonds. The number of para-hydroxylation sites is 1. The molecule has 2 aliphatic rings. The lowest BCUT2D eigenvalue weighted by molar-refractivity contribution is 0.293. The zero-order valence-corrected chi connectivity index (χ0v) is 18.5. The predicted molar refractivity (Wildman–Crippen MR) is 129 cm³/mol. The summed E-state index contributed by atoms with van der Waals surface area (Å²) in [5.41, 5.74) is 6.77. The Morgan fingerprint density at radius 3 is 2.45 bits per heavy atom. The fraction of sp³-hybridized carbons (Fsp3) is 0.444. The number of rotatable bonds is 8. The van der Waals surface area contributed by atoms with Crippen LogP contribution in [-0.2, 0) is 13.1 Å². The number of hydrogen-bond donors (Lipinski definition) is 0. The fourth-order valence-electron chi connectivity index (χ4n) is 5.08. The summed E-state index contributed by atoms with van der Waals surface area (Å²) in [7, 11) is 0. The van der Waals surface area contributed by atoms with E-state index in [1.54, 1.807) is 0 Å². The number of fused-ring (bicyclic) bond motifs is 1. The van der Waals surface area contributed by atoms with Gasteiger partial charge in [-0.05, 0) is 74.5 Å². The topological polar surface area (TPSA) is 24.3 Å². The van der Waals surface area contributed by atoms with Gasteiger partial charge < -0.3 is 4.57 Å². The first-order valence-corrected chi connectivity index (χ1v) is 12.0. The number of hydrogen-bond acceptors (Lipinski definition) is 3. The molecule has 0 unspecified atom stereocenters.